The van der Waals surface area contributed by atoms with Gasteiger partial charge in [-0.05, 0) is 77.7 Å². The van der Waals surface area contributed by atoms with Crippen LogP contribution in [-0.2, 0) is 9.53 Å². The van der Waals surface area contributed by atoms with Crippen molar-refractivity contribution in [1.29, 1.82) is 0 Å². The van der Waals surface area contributed by atoms with Crippen LogP contribution in [0.25, 0.3) is 5.57 Å². The number of rotatable bonds is 9. The third-order valence-corrected chi connectivity index (χ3v) is 6.55. The van der Waals surface area contributed by atoms with E-state index in [4.69, 9.17) is 19.3 Å². The van der Waals surface area contributed by atoms with Crippen LogP contribution in [0, 0.1) is 18.8 Å². The van der Waals surface area contributed by atoms with E-state index >= 15 is 0 Å². The van der Waals surface area contributed by atoms with Crippen LogP contribution in [0.5, 0.6) is 11.5 Å². The molecule has 6 nitrogen and oxygen atoms in total. The van der Waals surface area contributed by atoms with Gasteiger partial charge in [0.05, 0.1) is 19.8 Å². The topological polar surface area (TPSA) is 68.2 Å². The molecule has 1 aliphatic heterocycles. The van der Waals surface area contributed by atoms with Crippen molar-refractivity contribution in [3.05, 3.63) is 99.5 Å². The summed E-state index contributed by atoms with van der Waals surface area (Å²) in [5.74, 6) is 6.74. The minimum atomic E-state index is -1.01. The smallest absolute Gasteiger partial charge is 0.341 e. The summed E-state index contributed by atoms with van der Waals surface area (Å²) in [5, 5.41) is 8.82. The first-order chi connectivity index (χ1) is 18.5. The Kier molecular flexibility index (Phi) is 9.99. The van der Waals surface area contributed by atoms with E-state index in [1.807, 2.05) is 25.1 Å². The van der Waals surface area contributed by atoms with Crippen molar-refractivity contribution >= 4 is 27.5 Å². The summed E-state index contributed by atoms with van der Waals surface area (Å²) < 4.78 is 17.7. The lowest BCUT2D eigenvalue weighted by Gasteiger charge is -2.24. The molecule has 3 aromatic rings. The van der Waals surface area contributed by atoms with Crippen molar-refractivity contribution in [2.75, 3.05) is 46.1 Å². The highest BCUT2D eigenvalue weighted by atomic mass is 79.9. The molecule has 3 aromatic carbocycles. The first-order valence-corrected chi connectivity index (χ1v) is 13.2. The molecule has 196 valence electrons. The number of ether oxygens (including phenoxy) is 3. The summed E-state index contributed by atoms with van der Waals surface area (Å²) >= 11 is 3.52. The van der Waals surface area contributed by atoms with Crippen LogP contribution in [0.15, 0.2) is 77.3 Å². The van der Waals surface area contributed by atoms with Crippen molar-refractivity contribution in [2.24, 2.45) is 0 Å². The largest absolute Gasteiger partial charge is 0.489 e. The zero-order valence-electron chi connectivity index (χ0n) is 21.3. The monoisotopic (exact) mass is 575 g/mol. The molecular weight excluding hydrogens is 546 g/mol. The molecule has 1 fully saturated rings. The lowest BCUT2D eigenvalue weighted by Crippen LogP contribution is -2.36. The Labute approximate surface area is 232 Å². The average Bonchev–Trinajstić information content (AvgIpc) is 2.92. The molecule has 4 rings (SSSR count). The zero-order valence-corrected chi connectivity index (χ0v) is 22.9. The Bertz CT molecular complexity index is 1320. The molecular formula is C31H30BrNO5. The molecule has 0 radical (unpaired) electrons. The van der Waals surface area contributed by atoms with Gasteiger partial charge in [-0.1, -0.05) is 52.0 Å². The molecule has 1 saturated heterocycles. The second-order valence-electron chi connectivity index (χ2n) is 8.81. The van der Waals surface area contributed by atoms with Gasteiger partial charge in [0.2, 0.25) is 0 Å². The van der Waals surface area contributed by atoms with Gasteiger partial charge in [0.1, 0.15) is 18.1 Å². The molecule has 0 spiro atoms. The third-order valence-electron chi connectivity index (χ3n) is 6.03. The number of halogens is 1. The first-order valence-electron chi connectivity index (χ1n) is 12.4. The molecule has 38 heavy (non-hydrogen) atoms. The van der Waals surface area contributed by atoms with E-state index in [-0.39, 0.29) is 6.61 Å². The number of carboxylic acids is 1. The maximum absolute atomic E-state index is 10.8. The fraction of sp³-hybridized carbons (Fsp3) is 0.258. The second kappa shape index (κ2) is 13.8. The lowest BCUT2D eigenvalue weighted by molar-refractivity contribution is -0.139. The van der Waals surface area contributed by atoms with Crippen LogP contribution >= 0.6 is 15.9 Å². The highest BCUT2D eigenvalue weighted by molar-refractivity contribution is 9.10. The molecule has 1 heterocycles. The molecule has 1 N–H and O–H groups in total. The number of benzene rings is 3. The average molecular weight is 576 g/mol. The van der Waals surface area contributed by atoms with Crippen LogP contribution in [0.3, 0.4) is 0 Å². The van der Waals surface area contributed by atoms with Gasteiger partial charge in [-0.2, -0.15) is 0 Å². The maximum Gasteiger partial charge on any atom is 0.341 e. The van der Waals surface area contributed by atoms with Gasteiger partial charge >= 0.3 is 5.97 Å². The van der Waals surface area contributed by atoms with Crippen LogP contribution < -0.4 is 9.47 Å². The van der Waals surface area contributed by atoms with Gasteiger partial charge in [0, 0.05) is 23.1 Å². The van der Waals surface area contributed by atoms with Crippen molar-refractivity contribution < 1.29 is 24.1 Å². The third kappa shape index (κ3) is 8.22. The van der Waals surface area contributed by atoms with Crippen LogP contribution in [0.2, 0.25) is 0 Å². The number of hydrogen-bond acceptors (Lipinski definition) is 5. The Balaban J connectivity index is 1.46. The van der Waals surface area contributed by atoms with Gasteiger partial charge in [0.15, 0.2) is 6.61 Å². The highest BCUT2D eigenvalue weighted by Crippen LogP contribution is 2.27. The van der Waals surface area contributed by atoms with Crippen LogP contribution in [0.4, 0.5) is 0 Å². The Morgan fingerprint density at radius 1 is 1.03 bits per heavy atom. The molecule has 0 bridgehead atoms. The van der Waals surface area contributed by atoms with Crippen LogP contribution in [0.1, 0.15) is 22.3 Å². The molecule has 0 amide bonds. The van der Waals surface area contributed by atoms with E-state index in [0.717, 1.165) is 65.1 Å². The predicted octanol–water partition coefficient (Wildman–Crippen LogP) is 5.42. The van der Waals surface area contributed by atoms with Crippen molar-refractivity contribution in [1.82, 2.24) is 4.90 Å². The summed E-state index contributed by atoms with van der Waals surface area (Å²) in [4.78, 5) is 13.1. The lowest BCUT2D eigenvalue weighted by atomic mass is 9.97. The fourth-order valence-corrected chi connectivity index (χ4v) is 4.28. The number of hydrogen-bond donors (Lipinski definition) is 1. The number of aryl methyl sites for hydroxylation is 1. The summed E-state index contributed by atoms with van der Waals surface area (Å²) in [6.07, 6.45) is 2.06. The molecule has 0 aromatic heterocycles. The van der Waals surface area contributed by atoms with Gasteiger partial charge in [-0.15, -0.1) is 0 Å². The first kappa shape index (κ1) is 27.5. The Hall–Kier alpha value is -3.57. The number of morpholine rings is 1. The minimum absolute atomic E-state index is 0.362. The van der Waals surface area contributed by atoms with E-state index in [1.165, 1.54) is 0 Å². The van der Waals surface area contributed by atoms with Gasteiger partial charge in [-0.25, -0.2) is 4.79 Å². The predicted molar refractivity (Wildman–Crippen MR) is 152 cm³/mol. The number of nitrogens with zero attached hydrogens (tertiary/aromatic N) is 1. The number of aliphatic carboxylic acids is 1. The molecule has 1 aliphatic rings. The highest BCUT2D eigenvalue weighted by Gasteiger charge is 2.09. The second-order valence-corrected chi connectivity index (χ2v) is 9.73. The van der Waals surface area contributed by atoms with E-state index in [1.54, 1.807) is 12.1 Å². The zero-order chi connectivity index (χ0) is 26.7. The van der Waals surface area contributed by atoms with E-state index < -0.39 is 5.97 Å². The van der Waals surface area contributed by atoms with Crippen molar-refractivity contribution in [3.63, 3.8) is 0 Å². The molecule has 0 unspecified atom stereocenters. The summed E-state index contributed by atoms with van der Waals surface area (Å²) in [6.45, 7) is 6.00. The summed E-state index contributed by atoms with van der Waals surface area (Å²) in [7, 11) is 0. The summed E-state index contributed by atoms with van der Waals surface area (Å²) in [6, 6.07) is 21.8. The van der Waals surface area contributed by atoms with E-state index in [2.05, 4.69) is 75.1 Å². The Morgan fingerprint density at radius 2 is 1.71 bits per heavy atom. The quantitative estimate of drug-likeness (QED) is 0.344. The normalized spacial score (nSPS) is 13.9. The van der Waals surface area contributed by atoms with Crippen molar-refractivity contribution in [3.8, 4) is 23.3 Å². The summed E-state index contributed by atoms with van der Waals surface area (Å²) in [5.41, 5.74) is 5.00. The molecule has 0 aliphatic carbocycles. The van der Waals surface area contributed by atoms with Gasteiger partial charge in [-0.3, -0.25) is 4.90 Å². The fourth-order valence-electron chi connectivity index (χ4n) is 4.01. The molecule has 7 heteroatoms. The SMILES string of the molecule is Cc1cc(OCC=C(c2ccc(Br)cc2)c2ccc(C#CCN3CCOCC3)cc2)ccc1OCC(=O)O. The number of carbonyl (C=O) groups is 1. The van der Waals surface area contributed by atoms with Gasteiger partial charge < -0.3 is 19.3 Å². The van der Waals surface area contributed by atoms with Crippen molar-refractivity contribution in [2.45, 2.75) is 6.92 Å². The minimum Gasteiger partial charge on any atom is -0.489 e. The maximum atomic E-state index is 10.8. The van der Waals surface area contributed by atoms with E-state index in [0.29, 0.717) is 18.1 Å². The molecule has 0 atom stereocenters. The number of carboxylic acid groups (broad SMARTS) is 1. The van der Waals surface area contributed by atoms with Crippen LogP contribution in [-0.4, -0.2) is 62.0 Å². The Morgan fingerprint density at radius 3 is 2.37 bits per heavy atom. The molecule has 0 saturated carbocycles. The standard InChI is InChI=1S/C31H30BrNO5/c1-23-21-28(12-13-30(23)38-22-31(34)35)37-18-14-29(26-8-10-27(32)11-9-26)25-6-4-24(5-7-25)3-2-15-33-16-19-36-20-17-33/h4-14,21H,15-20,22H2,1H3,(H,34,35). The van der Waals surface area contributed by atoms with Gasteiger partial charge in [0.25, 0.3) is 0 Å². The van der Waals surface area contributed by atoms with E-state index in [9.17, 15) is 4.79 Å².